The SMILES string of the molecule is CC(C)(C)NC(=O)c1ccccc1C[C@H](O)CSc1ccccc1NC(=O)C(C)(C)C. The van der Waals surface area contributed by atoms with Crippen molar-refractivity contribution in [3.8, 4) is 0 Å². The van der Waals surface area contributed by atoms with E-state index in [1.807, 2.05) is 84.0 Å². The van der Waals surface area contributed by atoms with Crippen LogP contribution in [0.1, 0.15) is 57.5 Å². The second kappa shape index (κ2) is 10.3. The van der Waals surface area contributed by atoms with Gasteiger partial charge in [-0.15, -0.1) is 11.8 Å². The molecule has 0 aliphatic rings. The lowest BCUT2D eigenvalue weighted by molar-refractivity contribution is -0.123. The van der Waals surface area contributed by atoms with Gasteiger partial charge < -0.3 is 15.7 Å². The van der Waals surface area contributed by atoms with Gasteiger partial charge in [-0.2, -0.15) is 0 Å². The normalized spacial score (nSPS) is 12.9. The van der Waals surface area contributed by atoms with E-state index >= 15 is 0 Å². The molecule has 0 heterocycles. The van der Waals surface area contributed by atoms with Crippen LogP contribution in [-0.2, 0) is 11.2 Å². The zero-order chi connectivity index (χ0) is 23.2. The van der Waals surface area contributed by atoms with Gasteiger partial charge in [-0.1, -0.05) is 51.1 Å². The third kappa shape index (κ3) is 8.04. The fourth-order valence-corrected chi connectivity index (χ4v) is 3.77. The number of hydrogen-bond acceptors (Lipinski definition) is 4. The van der Waals surface area contributed by atoms with Gasteiger partial charge >= 0.3 is 0 Å². The zero-order valence-electron chi connectivity index (χ0n) is 19.3. The summed E-state index contributed by atoms with van der Waals surface area (Å²) in [6, 6.07) is 15.0. The molecule has 31 heavy (non-hydrogen) atoms. The first-order chi connectivity index (χ1) is 14.4. The molecule has 5 nitrogen and oxygen atoms in total. The lowest BCUT2D eigenvalue weighted by Crippen LogP contribution is -2.41. The Balaban J connectivity index is 2.05. The topological polar surface area (TPSA) is 78.4 Å². The van der Waals surface area contributed by atoms with E-state index in [1.165, 1.54) is 11.8 Å². The highest BCUT2D eigenvalue weighted by Crippen LogP contribution is 2.29. The Labute approximate surface area is 190 Å². The molecule has 2 amide bonds. The Morgan fingerprint density at radius 3 is 2.23 bits per heavy atom. The van der Waals surface area contributed by atoms with E-state index in [9.17, 15) is 14.7 Å². The van der Waals surface area contributed by atoms with Crippen LogP contribution in [0.2, 0.25) is 0 Å². The highest BCUT2D eigenvalue weighted by molar-refractivity contribution is 7.99. The van der Waals surface area contributed by atoms with Crippen molar-refractivity contribution in [2.75, 3.05) is 11.1 Å². The first kappa shape index (κ1) is 25.0. The van der Waals surface area contributed by atoms with Gasteiger partial charge in [0.05, 0.1) is 11.8 Å². The smallest absolute Gasteiger partial charge is 0.251 e. The second-order valence-electron chi connectivity index (χ2n) is 9.73. The molecule has 0 aliphatic heterocycles. The number of anilines is 1. The lowest BCUT2D eigenvalue weighted by Gasteiger charge is -2.22. The molecule has 0 aromatic heterocycles. The number of rotatable bonds is 7. The summed E-state index contributed by atoms with van der Waals surface area (Å²) in [5, 5.41) is 16.6. The summed E-state index contributed by atoms with van der Waals surface area (Å²) < 4.78 is 0. The number of hydrogen-bond donors (Lipinski definition) is 3. The van der Waals surface area contributed by atoms with Gasteiger partial charge in [-0.3, -0.25) is 9.59 Å². The van der Waals surface area contributed by atoms with Gasteiger partial charge in [0.2, 0.25) is 5.91 Å². The molecule has 0 saturated carbocycles. The summed E-state index contributed by atoms with van der Waals surface area (Å²) in [5.74, 6) is 0.246. The predicted molar refractivity (Wildman–Crippen MR) is 129 cm³/mol. The number of thioether (sulfide) groups is 1. The number of amides is 2. The maximum absolute atomic E-state index is 12.6. The highest BCUT2D eigenvalue weighted by atomic mass is 32.2. The molecule has 2 rings (SSSR count). The maximum Gasteiger partial charge on any atom is 0.251 e. The van der Waals surface area contributed by atoms with Crippen molar-refractivity contribution in [2.45, 2.75) is 64.5 Å². The summed E-state index contributed by atoms with van der Waals surface area (Å²) >= 11 is 1.49. The van der Waals surface area contributed by atoms with Crippen LogP contribution in [0.5, 0.6) is 0 Å². The van der Waals surface area contributed by atoms with Crippen molar-refractivity contribution in [3.63, 3.8) is 0 Å². The molecule has 3 N–H and O–H groups in total. The molecular weight excluding hydrogens is 408 g/mol. The van der Waals surface area contributed by atoms with Crippen molar-refractivity contribution in [2.24, 2.45) is 5.41 Å². The molecule has 2 aromatic rings. The van der Waals surface area contributed by atoms with E-state index in [0.717, 1.165) is 16.1 Å². The summed E-state index contributed by atoms with van der Waals surface area (Å²) in [6.45, 7) is 11.4. The minimum atomic E-state index is -0.639. The van der Waals surface area contributed by atoms with Crippen molar-refractivity contribution in [3.05, 3.63) is 59.7 Å². The summed E-state index contributed by atoms with van der Waals surface area (Å²) in [6.07, 6.45) is -0.267. The van der Waals surface area contributed by atoms with Gasteiger partial charge in [-0.25, -0.2) is 0 Å². The predicted octanol–water partition coefficient (Wildman–Crippen LogP) is 4.90. The molecule has 0 aliphatic carbocycles. The largest absolute Gasteiger partial charge is 0.392 e. The molecule has 2 aromatic carbocycles. The van der Waals surface area contributed by atoms with E-state index < -0.39 is 11.5 Å². The summed E-state index contributed by atoms with van der Waals surface area (Å²) in [5.41, 5.74) is 1.31. The average Bonchev–Trinajstić information content (AvgIpc) is 2.65. The van der Waals surface area contributed by atoms with E-state index in [4.69, 9.17) is 0 Å². The van der Waals surface area contributed by atoms with E-state index in [0.29, 0.717) is 17.7 Å². The Morgan fingerprint density at radius 1 is 0.968 bits per heavy atom. The summed E-state index contributed by atoms with van der Waals surface area (Å²) in [7, 11) is 0. The standard InChI is InChI=1S/C25H34N2O3S/c1-24(2,3)23(30)26-20-13-9-10-14-21(20)31-16-18(28)15-17-11-7-8-12-19(17)22(29)27-25(4,5)6/h7-14,18,28H,15-16H2,1-6H3,(H,26,30)(H,27,29)/t18-/m0/s1. The minimum Gasteiger partial charge on any atom is -0.392 e. The highest BCUT2D eigenvalue weighted by Gasteiger charge is 2.22. The molecule has 0 fully saturated rings. The van der Waals surface area contributed by atoms with E-state index in [2.05, 4.69) is 10.6 Å². The number of carbonyl (C=O) groups excluding carboxylic acids is 2. The van der Waals surface area contributed by atoms with Crippen LogP contribution in [0.25, 0.3) is 0 Å². The Morgan fingerprint density at radius 2 is 1.58 bits per heavy atom. The number of carbonyl (C=O) groups is 2. The number of aliphatic hydroxyl groups is 1. The van der Waals surface area contributed by atoms with Gasteiger partial charge in [0.15, 0.2) is 0 Å². The number of para-hydroxylation sites is 1. The van der Waals surface area contributed by atoms with Crippen LogP contribution in [0.4, 0.5) is 5.69 Å². The molecule has 0 radical (unpaired) electrons. The van der Waals surface area contributed by atoms with Crippen molar-refractivity contribution >= 4 is 29.3 Å². The van der Waals surface area contributed by atoms with E-state index in [-0.39, 0.29) is 17.4 Å². The molecule has 0 saturated heterocycles. The molecule has 0 bridgehead atoms. The maximum atomic E-state index is 12.6. The minimum absolute atomic E-state index is 0.0557. The molecule has 168 valence electrons. The first-order valence-corrected chi connectivity index (χ1v) is 11.5. The fraction of sp³-hybridized carbons (Fsp3) is 0.440. The van der Waals surface area contributed by atoms with Crippen LogP contribution in [-0.4, -0.2) is 34.3 Å². The molecule has 0 unspecified atom stereocenters. The zero-order valence-corrected chi connectivity index (χ0v) is 20.1. The third-order valence-electron chi connectivity index (χ3n) is 4.45. The molecule has 0 spiro atoms. The third-order valence-corrected chi connectivity index (χ3v) is 5.67. The Hall–Kier alpha value is -2.31. The lowest BCUT2D eigenvalue weighted by atomic mass is 9.95. The number of nitrogens with one attached hydrogen (secondary N) is 2. The fourth-order valence-electron chi connectivity index (χ4n) is 2.83. The second-order valence-corrected chi connectivity index (χ2v) is 10.8. The van der Waals surface area contributed by atoms with Gasteiger partial charge in [0, 0.05) is 27.2 Å². The number of aliphatic hydroxyl groups excluding tert-OH is 1. The first-order valence-electron chi connectivity index (χ1n) is 10.5. The molecule has 1 atom stereocenters. The number of benzene rings is 2. The van der Waals surface area contributed by atoms with Crippen LogP contribution >= 0.6 is 11.8 Å². The summed E-state index contributed by atoms with van der Waals surface area (Å²) in [4.78, 5) is 25.9. The Kier molecular flexibility index (Phi) is 8.32. The van der Waals surface area contributed by atoms with Crippen molar-refractivity contribution in [1.29, 1.82) is 0 Å². The Bertz CT molecular complexity index is 913. The monoisotopic (exact) mass is 442 g/mol. The van der Waals surface area contributed by atoms with Gasteiger partial charge in [0.25, 0.3) is 5.91 Å². The van der Waals surface area contributed by atoms with Crippen molar-refractivity contribution in [1.82, 2.24) is 5.32 Å². The van der Waals surface area contributed by atoms with Crippen LogP contribution in [0, 0.1) is 5.41 Å². The molecular formula is C25H34N2O3S. The average molecular weight is 443 g/mol. The molecule has 6 heteroatoms. The quantitative estimate of drug-likeness (QED) is 0.533. The van der Waals surface area contributed by atoms with E-state index in [1.54, 1.807) is 6.07 Å². The van der Waals surface area contributed by atoms with Crippen LogP contribution in [0.15, 0.2) is 53.4 Å². The van der Waals surface area contributed by atoms with Crippen molar-refractivity contribution < 1.29 is 14.7 Å². The van der Waals surface area contributed by atoms with Gasteiger partial charge in [0.1, 0.15) is 0 Å². The van der Waals surface area contributed by atoms with Crippen LogP contribution in [0.3, 0.4) is 0 Å². The van der Waals surface area contributed by atoms with Crippen LogP contribution < -0.4 is 10.6 Å². The van der Waals surface area contributed by atoms with Gasteiger partial charge in [-0.05, 0) is 51.0 Å².